The molecule has 0 unspecified atom stereocenters. The number of Topliss-reactive ketones (excluding diaryl/α,β-unsaturated/α-hetero) is 1. The highest BCUT2D eigenvalue weighted by atomic mass is 32.2. The third-order valence-corrected chi connectivity index (χ3v) is 5.02. The first-order valence-electron chi connectivity index (χ1n) is 8.86. The van der Waals surface area contributed by atoms with Gasteiger partial charge in [0, 0.05) is 12.1 Å². The van der Waals surface area contributed by atoms with Gasteiger partial charge in [0.2, 0.25) is 0 Å². The Kier molecular flexibility index (Phi) is 6.51. The number of likely N-dealkylation sites (tertiary alicyclic amines) is 1. The molecule has 1 aliphatic rings. The van der Waals surface area contributed by atoms with Gasteiger partial charge in [0.15, 0.2) is 5.78 Å². The highest BCUT2D eigenvalue weighted by Crippen LogP contribution is 2.29. The Bertz CT molecular complexity index is 876. The molecule has 1 fully saturated rings. The number of piperidine rings is 1. The van der Waals surface area contributed by atoms with Crippen molar-refractivity contribution in [2.24, 2.45) is 0 Å². The average molecular weight is 437 g/mol. The van der Waals surface area contributed by atoms with Crippen LogP contribution in [0.2, 0.25) is 0 Å². The lowest BCUT2D eigenvalue weighted by atomic mass is 9.94. The third-order valence-electron chi connectivity index (χ3n) is 4.04. The molecule has 0 bridgehead atoms. The average Bonchev–Trinajstić information content (AvgIpc) is 2.58. The Hall–Kier alpha value is -2.30. The first kappa shape index (κ1) is 23.0. The van der Waals surface area contributed by atoms with Crippen LogP contribution in [-0.2, 0) is 14.9 Å². The number of carbonyl (C=O) groups excluding carboxylic acids is 2. The molecule has 1 aliphatic heterocycles. The molecule has 0 spiro atoms. The second-order valence-electron chi connectivity index (χ2n) is 7.56. The van der Waals surface area contributed by atoms with Gasteiger partial charge in [-0.15, -0.1) is 0 Å². The lowest BCUT2D eigenvalue weighted by Crippen LogP contribution is -2.49. The zero-order chi connectivity index (χ0) is 22.0. The zero-order valence-corrected chi connectivity index (χ0v) is 17.0. The van der Waals surface area contributed by atoms with Gasteiger partial charge in [-0.05, 0) is 52.2 Å². The smallest absolute Gasteiger partial charge is 0.444 e. The molecule has 1 atom stereocenters. The van der Waals surface area contributed by atoms with Crippen LogP contribution in [0.5, 0.6) is 5.75 Å². The molecular weight excluding hydrogens is 415 g/mol. The molecule has 0 aromatic heterocycles. The molecule has 11 heteroatoms. The van der Waals surface area contributed by atoms with Crippen molar-refractivity contribution in [1.82, 2.24) is 4.90 Å². The summed E-state index contributed by atoms with van der Waals surface area (Å²) in [6, 6.07) is 3.56. The van der Waals surface area contributed by atoms with E-state index in [1.807, 2.05) is 0 Å². The maximum absolute atomic E-state index is 12.9. The maximum Gasteiger partial charge on any atom is 0.534 e. The number of alkyl halides is 3. The molecule has 2 rings (SSSR count). The van der Waals surface area contributed by atoms with Gasteiger partial charge in [-0.3, -0.25) is 9.69 Å². The molecule has 162 valence electrons. The number of carbonyl (C=O) groups is 2. The molecule has 1 amide bonds. The predicted molar refractivity (Wildman–Crippen MR) is 97.0 cm³/mol. The van der Waals surface area contributed by atoms with E-state index < -0.39 is 44.9 Å². The van der Waals surface area contributed by atoms with Gasteiger partial charge in [-0.1, -0.05) is 12.1 Å². The minimum atomic E-state index is -5.86. The van der Waals surface area contributed by atoms with Crippen LogP contribution < -0.4 is 4.18 Å². The summed E-state index contributed by atoms with van der Waals surface area (Å²) >= 11 is 0. The first-order chi connectivity index (χ1) is 13.2. The quantitative estimate of drug-likeness (QED) is 0.403. The standard InChI is InChI=1S/C18H22F3NO6S/c1-17(2,3)27-16(24)22-10-5-4-9-14(22)15(23)12-7-6-8-13(11-12)28-29(25,26)18(19,20)21/h6-8,11,14H,4-5,9-10H2,1-3H3/t14-/m0/s1. The Morgan fingerprint density at radius 1 is 1.14 bits per heavy atom. The summed E-state index contributed by atoms with van der Waals surface area (Å²) in [5, 5.41) is 0. The van der Waals surface area contributed by atoms with Gasteiger partial charge < -0.3 is 8.92 Å². The van der Waals surface area contributed by atoms with Crippen LogP contribution in [0.15, 0.2) is 24.3 Å². The number of halogens is 3. The molecule has 0 saturated carbocycles. The van der Waals surface area contributed by atoms with Crippen LogP contribution in [0.4, 0.5) is 18.0 Å². The normalized spacial score (nSPS) is 18.3. The monoisotopic (exact) mass is 437 g/mol. The fourth-order valence-corrected chi connectivity index (χ4v) is 3.26. The van der Waals surface area contributed by atoms with Crippen LogP contribution in [0.25, 0.3) is 0 Å². The minimum absolute atomic E-state index is 0.0691. The van der Waals surface area contributed by atoms with Crippen LogP contribution in [0.1, 0.15) is 50.4 Å². The van der Waals surface area contributed by atoms with Gasteiger partial charge in [-0.25, -0.2) is 4.79 Å². The minimum Gasteiger partial charge on any atom is -0.444 e. The Morgan fingerprint density at radius 3 is 2.38 bits per heavy atom. The summed E-state index contributed by atoms with van der Waals surface area (Å²) < 4.78 is 69.3. The van der Waals surface area contributed by atoms with E-state index in [0.717, 1.165) is 12.1 Å². The molecule has 1 aromatic rings. The topological polar surface area (TPSA) is 90.0 Å². The molecule has 0 radical (unpaired) electrons. The molecule has 0 N–H and O–H groups in total. The fourth-order valence-electron chi connectivity index (χ4n) is 2.81. The van der Waals surface area contributed by atoms with Crippen molar-refractivity contribution in [2.75, 3.05) is 6.54 Å². The second-order valence-corrected chi connectivity index (χ2v) is 9.10. The second kappa shape index (κ2) is 8.21. The van der Waals surface area contributed by atoms with E-state index in [1.165, 1.54) is 17.0 Å². The van der Waals surface area contributed by atoms with Gasteiger partial charge in [0.1, 0.15) is 11.4 Å². The van der Waals surface area contributed by atoms with Crippen molar-refractivity contribution in [1.29, 1.82) is 0 Å². The molecule has 1 heterocycles. The summed E-state index contributed by atoms with van der Waals surface area (Å²) in [6.45, 7) is 5.36. The van der Waals surface area contributed by atoms with Gasteiger partial charge in [-0.2, -0.15) is 21.6 Å². The van der Waals surface area contributed by atoms with E-state index in [0.29, 0.717) is 25.8 Å². The van der Waals surface area contributed by atoms with Crippen molar-refractivity contribution in [3.8, 4) is 5.75 Å². The summed E-state index contributed by atoms with van der Waals surface area (Å²) in [5.41, 5.74) is -6.42. The summed E-state index contributed by atoms with van der Waals surface area (Å²) in [5.74, 6) is -1.18. The van der Waals surface area contributed by atoms with Crippen LogP contribution in [-0.4, -0.2) is 48.9 Å². The van der Waals surface area contributed by atoms with Crippen molar-refractivity contribution in [3.63, 3.8) is 0 Å². The lowest BCUT2D eigenvalue weighted by Gasteiger charge is -2.35. The van der Waals surface area contributed by atoms with E-state index in [-0.39, 0.29) is 5.56 Å². The maximum atomic E-state index is 12.9. The van der Waals surface area contributed by atoms with Crippen LogP contribution in [0.3, 0.4) is 0 Å². The highest BCUT2D eigenvalue weighted by molar-refractivity contribution is 7.88. The molecule has 1 saturated heterocycles. The number of benzene rings is 1. The van der Waals surface area contributed by atoms with Gasteiger partial charge in [0.25, 0.3) is 0 Å². The SMILES string of the molecule is CC(C)(C)OC(=O)N1CCCC[C@H]1C(=O)c1cccc(OS(=O)(=O)C(F)(F)F)c1. The van der Waals surface area contributed by atoms with Gasteiger partial charge >= 0.3 is 21.7 Å². The fraction of sp³-hybridized carbons (Fsp3) is 0.556. The number of amides is 1. The number of nitrogens with zero attached hydrogens (tertiary/aromatic N) is 1. The van der Waals surface area contributed by atoms with E-state index in [2.05, 4.69) is 4.18 Å². The van der Waals surface area contributed by atoms with Crippen LogP contribution >= 0.6 is 0 Å². The summed E-state index contributed by atoms with van der Waals surface area (Å²) in [7, 11) is -5.86. The third kappa shape index (κ3) is 5.84. The van der Waals surface area contributed by atoms with E-state index in [4.69, 9.17) is 4.74 Å². The predicted octanol–water partition coefficient (Wildman–Crippen LogP) is 3.89. The largest absolute Gasteiger partial charge is 0.534 e. The number of hydrogen-bond donors (Lipinski definition) is 0. The molecule has 1 aromatic carbocycles. The number of ether oxygens (including phenoxy) is 1. The molecule has 0 aliphatic carbocycles. The Morgan fingerprint density at radius 2 is 1.79 bits per heavy atom. The zero-order valence-electron chi connectivity index (χ0n) is 16.2. The molecular formula is C18H22F3NO6S. The van der Waals surface area contributed by atoms with E-state index >= 15 is 0 Å². The number of ketones is 1. The number of hydrogen-bond acceptors (Lipinski definition) is 6. The van der Waals surface area contributed by atoms with Crippen molar-refractivity contribution >= 4 is 22.0 Å². The Labute approximate surface area is 166 Å². The molecule has 7 nitrogen and oxygen atoms in total. The first-order valence-corrected chi connectivity index (χ1v) is 10.3. The summed E-state index contributed by atoms with van der Waals surface area (Å²) in [6.07, 6.45) is 1.04. The Balaban J connectivity index is 2.25. The van der Waals surface area contributed by atoms with Crippen molar-refractivity contribution < 1.29 is 40.1 Å². The van der Waals surface area contributed by atoms with Gasteiger partial charge in [0.05, 0.1) is 6.04 Å². The van der Waals surface area contributed by atoms with Crippen LogP contribution in [0, 0.1) is 0 Å². The lowest BCUT2D eigenvalue weighted by molar-refractivity contribution is -0.0500. The molecule has 29 heavy (non-hydrogen) atoms. The highest BCUT2D eigenvalue weighted by Gasteiger charge is 2.48. The number of rotatable bonds is 4. The summed E-state index contributed by atoms with van der Waals surface area (Å²) in [4.78, 5) is 26.7. The van der Waals surface area contributed by atoms with Crippen molar-refractivity contribution in [3.05, 3.63) is 29.8 Å². The van der Waals surface area contributed by atoms with E-state index in [9.17, 15) is 31.2 Å². The van der Waals surface area contributed by atoms with Crippen molar-refractivity contribution in [2.45, 2.75) is 57.2 Å². The van der Waals surface area contributed by atoms with E-state index in [1.54, 1.807) is 20.8 Å².